The van der Waals surface area contributed by atoms with Gasteiger partial charge in [-0.15, -0.1) is 0 Å². The number of aromatic carboxylic acids is 1. The monoisotopic (exact) mass is 294 g/mol. The van der Waals surface area contributed by atoms with Crippen LogP contribution in [0.15, 0.2) is 41.1 Å². The van der Waals surface area contributed by atoms with Gasteiger partial charge in [-0.1, -0.05) is 12.1 Å². The first-order valence-corrected chi connectivity index (χ1v) is 5.44. The zero-order valence-corrected chi connectivity index (χ0v) is 10.1. The molecule has 1 aromatic heterocycles. The third kappa shape index (κ3) is 2.59. The molecule has 0 unspecified atom stereocenters. The van der Waals surface area contributed by atoms with Gasteiger partial charge in [-0.05, 0) is 28.1 Å². The van der Waals surface area contributed by atoms with Crippen LogP contribution in [0.4, 0.5) is 0 Å². The van der Waals surface area contributed by atoms with Crippen molar-refractivity contribution in [2.45, 2.75) is 0 Å². The van der Waals surface area contributed by atoms with Crippen LogP contribution in [0.25, 0.3) is 0 Å². The highest BCUT2D eigenvalue weighted by Crippen LogP contribution is 2.29. The predicted octanol–water partition coefficient (Wildman–Crippen LogP) is 2.73. The van der Waals surface area contributed by atoms with E-state index < -0.39 is 5.97 Å². The molecule has 0 aliphatic carbocycles. The number of hydrogen-bond donors (Lipinski definition) is 1. The van der Waals surface area contributed by atoms with E-state index in [-0.39, 0.29) is 11.6 Å². The first-order valence-electron chi connectivity index (χ1n) is 4.65. The van der Waals surface area contributed by atoms with Crippen molar-refractivity contribution >= 4 is 21.9 Å². The van der Waals surface area contributed by atoms with Crippen molar-refractivity contribution < 1.29 is 14.6 Å². The summed E-state index contributed by atoms with van der Waals surface area (Å²) in [6, 6.07) is 7.08. The SMILES string of the molecule is O=C(O)c1nccnc1Oc1ccccc1Br. The maximum absolute atomic E-state index is 10.9. The topological polar surface area (TPSA) is 72.3 Å². The Bertz CT molecular complexity index is 560. The molecule has 86 valence electrons. The highest BCUT2D eigenvalue weighted by molar-refractivity contribution is 9.10. The second kappa shape index (κ2) is 4.92. The molecule has 5 nitrogen and oxygen atoms in total. The van der Waals surface area contributed by atoms with Crippen LogP contribution in [0.3, 0.4) is 0 Å². The summed E-state index contributed by atoms with van der Waals surface area (Å²) in [6.07, 6.45) is 2.68. The quantitative estimate of drug-likeness (QED) is 0.942. The van der Waals surface area contributed by atoms with E-state index in [1.54, 1.807) is 18.2 Å². The maximum Gasteiger partial charge on any atom is 0.360 e. The standard InChI is InChI=1S/C11H7BrN2O3/c12-7-3-1-2-4-8(7)17-10-9(11(15)16)13-5-6-14-10/h1-6H,(H,15,16). The highest BCUT2D eigenvalue weighted by atomic mass is 79.9. The lowest BCUT2D eigenvalue weighted by Crippen LogP contribution is -2.04. The summed E-state index contributed by atoms with van der Waals surface area (Å²) in [4.78, 5) is 18.5. The van der Waals surface area contributed by atoms with Gasteiger partial charge >= 0.3 is 5.97 Å². The zero-order valence-electron chi connectivity index (χ0n) is 8.50. The molecule has 0 amide bonds. The summed E-state index contributed by atoms with van der Waals surface area (Å²) < 4.78 is 6.11. The Morgan fingerprint density at radius 3 is 2.65 bits per heavy atom. The molecule has 2 rings (SSSR count). The van der Waals surface area contributed by atoms with Crippen molar-refractivity contribution in [3.63, 3.8) is 0 Å². The van der Waals surface area contributed by atoms with Crippen LogP contribution in [-0.4, -0.2) is 21.0 Å². The van der Waals surface area contributed by atoms with Crippen LogP contribution < -0.4 is 4.74 Å². The summed E-state index contributed by atoms with van der Waals surface area (Å²) >= 11 is 3.29. The van der Waals surface area contributed by atoms with E-state index in [0.29, 0.717) is 10.2 Å². The van der Waals surface area contributed by atoms with Gasteiger partial charge in [-0.25, -0.2) is 14.8 Å². The summed E-state index contributed by atoms with van der Waals surface area (Å²) in [7, 11) is 0. The van der Waals surface area contributed by atoms with E-state index in [1.807, 2.05) is 6.07 Å². The molecule has 1 N–H and O–H groups in total. The van der Waals surface area contributed by atoms with Crippen molar-refractivity contribution in [2.24, 2.45) is 0 Å². The molecule has 0 saturated carbocycles. The molecule has 0 spiro atoms. The lowest BCUT2D eigenvalue weighted by molar-refractivity contribution is 0.0686. The third-order valence-electron chi connectivity index (χ3n) is 1.91. The van der Waals surface area contributed by atoms with Gasteiger partial charge in [0.2, 0.25) is 5.69 Å². The molecule has 0 aliphatic rings. The summed E-state index contributed by atoms with van der Waals surface area (Å²) in [5.41, 5.74) is -0.219. The molecular formula is C11H7BrN2O3. The van der Waals surface area contributed by atoms with Crippen LogP contribution in [0, 0.1) is 0 Å². The molecule has 0 atom stereocenters. The normalized spacial score (nSPS) is 9.94. The van der Waals surface area contributed by atoms with Gasteiger partial charge in [0.25, 0.3) is 5.88 Å². The molecule has 0 bridgehead atoms. The van der Waals surface area contributed by atoms with Gasteiger partial charge in [0.1, 0.15) is 5.75 Å². The summed E-state index contributed by atoms with van der Waals surface area (Å²) in [5.74, 6) is -0.734. The molecule has 6 heteroatoms. The number of ether oxygens (including phenoxy) is 1. The molecule has 2 aromatic rings. The number of rotatable bonds is 3. The van der Waals surface area contributed by atoms with Gasteiger partial charge in [0, 0.05) is 12.4 Å². The average molecular weight is 295 g/mol. The Balaban J connectivity index is 2.37. The third-order valence-corrected chi connectivity index (χ3v) is 2.57. The fraction of sp³-hybridized carbons (Fsp3) is 0. The maximum atomic E-state index is 10.9. The smallest absolute Gasteiger partial charge is 0.360 e. The Labute approximate surface area is 105 Å². The summed E-state index contributed by atoms with van der Waals surface area (Å²) in [5, 5.41) is 8.92. The molecule has 1 aromatic carbocycles. The fourth-order valence-corrected chi connectivity index (χ4v) is 1.54. The molecular weight excluding hydrogens is 288 g/mol. The minimum absolute atomic E-state index is 0.0353. The van der Waals surface area contributed by atoms with Gasteiger partial charge in [0.15, 0.2) is 0 Å². The Hall–Kier alpha value is -1.95. The molecule has 1 heterocycles. The Morgan fingerprint density at radius 1 is 1.24 bits per heavy atom. The van der Waals surface area contributed by atoms with Crippen LogP contribution >= 0.6 is 15.9 Å². The number of para-hydroxylation sites is 1. The van der Waals surface area contributed by atoms with E-state index in [2.05, 4.69) is 25.9 Å². The van der Waals surface area contributed by atoms with Gasteiger partial charge < -0.3 is 9.84 Å². The largest absolute Gasteiger partial charge is 0.476 e. The number of carboxylic acids is 1. The minimum Gasteiger partial charge on any atom is -0.476 e. The van der Waals surface area contributed by atoms with Crippen LogP contribution in [-0.2, 0) is 0 Å². The van der Waals surface area contributed by atoms with E-state index in [4.69, 9.17) is 9.84 Å². The minimum atomic E-state index is -1.18. The van der Waals surface area contributed by atoms with Gasteiger partial charge in [-0.2, -0.15) is 0 Å². The highest BCUT2D eigenvalue weighted by Gasteiger charge is 2.15. The van der Waals surface area contributed by atoms with Gasteiger partial charge in [0.05, 0.1) is 4.47 Å². The Morgan fingerprint density at radius 2 is 1.94 bits per heavy atom. The number of aromatic nitrogens is 2. The second-order valence-corrected chi connectivity index (χ2v) is 3.90. The van der Waals surface area contributed by atoms with E-state index in [1.165, 1.54) is 12.4 Å². The number of halogens is 1. The first-order chi connectivity index (χ1) is 8.18. The molecule has 0 fully saturated rings. The van der Waals surface area contributed by atoms with Crippen molar-refractivity contribution in [3.05, 3.63) is 46.8 Å². The fourth-order valence-electron chi connectivity index (χ4n) is 1.18. The van der Waals surface area contributed by atoms with Gasteiger partial charge in [-0.3, -0.25) is 0 Å². The van der Waals surface area contributed by atoms with Crippen molar-refractivity contribution in [1.82, 2.24) is 9.97 Å². The molecule has 17 heavy (non-hydrogen) atoms. The number of nitrogens with zero attached hydrogens (tertiary/aromatic N) is 2. The Kier molecular flexibility index (Phi) is 3.34. The lowest BCUT2D eigenvalue weighted by atomic mass is 10.3. The van der Waals surface area contributed by atoms with Crippen molar-refractivity contribution in [3.8, 4) is 11.6 Å². The van der Waals surface area contributed by atoms with Crippen molar-refractivity contribution in [2.75, 3.05) is 0 Å². The number of carboxylic acid groups (broad SMARTS) is 1. The number of carbonyl (C=O) groups is 1. The van der Waals surface area contributed by atoms with E-state index in [9.17, 15) is 4.79 Å². The molecule has 0 saturated heterocycles. The zero-order chi connectivity index (χ0) is 12.3. The number of hydrogen-bond acceptors (Lipinski definition) is 4. The number of benzene rings is 1. The first kappa shape index (κ1) is 11.5. The average Bonchev–Trinajstić information content (AvgIpc) is 2.32. The van der Waals surface area contributed by atoms with Crippen LogP contribution in [0.2, 0.25) is 0 Å². The lowest BCUT2D eigenvalue weighted by Gasteiger charge is -2.07. The van der Waals surface area contributed by atoms with E-state index >= 15 is 0 Å². The second-order valence-electron chi connectivity index (χ2n) is 3.05. The van der Waals surface area contributed by atoms with Crippen molar-refractivity contribution in [1.29, 1.82) is 0 Å². The van der Waals surface area contributed by atoms with Crippen LogP contribution in [0.5, 0.6) is 11.6 Å². The predicted molar refractivity (Wildman–Crippen MR) is 63.2 cm³/mol. The van der Waals surface area contributed by atoms with E-state index in [0.717, 1.165) is 0 Å². The molecule has 0 aliphatic heterocycles. The summed E-state index contributed by atoms with van der Waals surface area (Å²) in [6.45, 7) is 0. The molecule has 0 radical (unpaired) electrons. The van der Waals surface area contributed by atoms with Crippen LogP contribution in [0.1, 0.15) is 10.5 Å².